The molecule has 2 rings (SSSR count). The molecular formula is C13H23N5O2. The van der Waals surface area contributed by atoms with Crippen LogP contribution in [-0.2, 0) is 17.9 Å². The van der Waals surface area contributed by atoms with E-state index in [0.717, 1.165) is 31.9 Å². The largest absolute Gasteiger partial charge is 0.481 e. The summed E-state index contributed by atoms with van der Waals surface area (Å²) in [4.78, 5) is 13.7. The number of nitrogens with zero attached hydrogens (tertiary/aromatic N) is 5. The van der Waals surface area contributed by atoms with Gasteiger partial charge in [0.1, 0.15) is 0 Å². The Balaban J connectivity index is 1.94. The van der Waals surface area contributed by atoms with Gasteiger partial charge in [-0.05, 0) is 49.2 Å². The number of carboxylic acid groups (broad SMARTS) is 1. The van der Waals surface area contributed by atoms with E-state index < -0.39 is 11.4 Å². The van der Waals surface area contributed by atoms with E-state index in [2.05, 4.69) is 27.3 Å². The molecule has 0 radical (unpaired) electrons. The Kier molecular flexibility index (Phi) is 4.69. The van der Waals surface area contributed by atoms with Gasteiger partial charge in [-0.3, -0.25) is 9.69 Å². The minimum atomic E-state index is -0.657. The molecule has 2 heterocycles. The lowest BCUT2D eigenvalue weighted by atomic mass is 9.76. The molecule has 1 fully saturated rings. The number of rotatable bonds is 6. The highest BCUT2D eigenvalue weighted by Gasteiger charge is 2.39. The average Bonchev–Trinajstić information content (AvgIpc) is 2.87. The molecular weight excluding hydrogens is 258 g/mol. The van der Waals surface area contributed by atoms with Crippen molar-refractivity contribution in [3.63, 3.8) is 0 Å². The summed E-state index contributed by atoms with van der Waals surface area (Å²) in [5, 5.41) is 21.2. The molecule has 0 bridgehead atoms. The highest BCUT2D eigenvalue weighted by molar-refractivity contribution is 5.74. The smallest absolute Gasteiger partial charge is 0.309 e. The normalized spacial score (nSPS) is 19.1. The van der Waals surface area contributed by atoms with Crippen molar-refractivity contribution >= 4 is 5.97 Å². The number of hydrogen-bond acceptors (Lipinski definition) is 5. The van der Waals surface area contributed by atoms with Crippen LogP contribution in [0.3, 0.4) is 0 Å². The third-order valence-electron chi connectivity index (χ3n) is 4.35. The average molecular weight is 281 g/mol. The first-order valence-electron chi connectivity index (χ1n) is 7.32. The first-order valence-corrected chi connectivity index (χ1v) is 7.32. The zero-order chi connectivity index (χ0) is 14.6. The molecule has 7 nitrogen and oxygen atoms in total. The Morgan fingerprint density at radius 1 is 1.35 bits per heavy atom. The van der Waals surface area contributed by atoms with Gasteiger partial charge in [-0.2, -0.15) is 0 Å². The van der Waals surface area contributed by atoms with Crippen LogP contribution in [0.4, 0.5) is 0 Å². The van der Waals surface area contributed by atoms with E-state index >= 15 is 0 Å². The number of carboxylic acids is 1. The van der Waals surface area contributed by atoms with Crippen molar-refractivity contribution in [2.24, 2.45) is 5.41 Å². The summed E-state index contributed by atoms with van der Waals surface area (Å²) in [7, 11) is 0. The fourth-order valence-electron chi connectivity index (χ4n) is 2.78. The zero-order valence-electron chi connectivity index (χ0n) is 12.2. The zero-order valence-corrected chi connectivity index (χ0v) is 12.2. The van der Waals surface area contributed by atoms with Crippen molar-refractivity contribution in [1.29, 1.82) is 0 Å². The van der Waals surface area contributed by atoms with Crippen molar-refractivity contribution in [2.75, 3.05) is 13.1 Å². The van der Waals surface area contributed by atoms with E-state index in [1.54, 1.807) is 0 Å². The number of aryl methyl sites for hydroxylation is 1. The minimum Gasteiger partial charge on any atom is -0.481 e. The number of aliphatic carboxylic acids is 1. The Labute approximate surface area is 119 Å². The van der Waals surface area contributed by atoms with Crippen LogP contribution in [0.15, 0.2) is 0 Å². The quantitative estimate of drug-likeness (QED) is 0.842. The van der Waals surface area contributed by atoms with Gasteiger partial charge in [0.15, 0.2) is 5.82 Å². The van der Waals surface area contributed by atoms with E-state index in [1.165, 1.54) is 0 Å². The predicted octanol–water partition coefficient (Wildman–Crippen LogP) is 1.16. The SMILES string of the molecule is CCCn1nnnc1CN1CCC(CC)(C(=O)O)CC1. The third-order valence-corrected chi connectivity index (χ3v) is 4.35. The Morgan fingerprint density at radius 2 is 2.05 bits per heavy atom. The van der Waals surface area contributed by atoms with Crippen molar-refractivity contribution in [2.45, 2.75) is 52.6 Å². The van der Waals surface area contributed by atoms with Gasteiger partial charge in [-0.1, -0.05) is 13.8 Å². The monoisotopic (exact) mass is 281 g/mol. The summed E-state index contributed by atoms with van der Waals surface area (Å²) in [5.41, 5.74) is -0.536. The Bertz CT molecular complexity index is 451. The van der Waals surface area contributed by atoms with Crippen molar-refractivity contribution in [1.82, 2.24) is 25.1 Å². The maximum Gasteiger partial charge on any atom is 0.309 e. The van der Waals surface area contributed by atoms with Crippen molar-refractivity contribution in [3.05, 3.63) is 5.82 Å². The molecule has 7 heteroatoms. The van der Waals surface area contributed by atoms with E-state index in [0.29, 0.717) is 25.8 Å². The molecule has 0 aliphatic carbocycles. The molecule has 1 aromatic rings. The van der Waals surface area contributed by atoms with Gasteiger partial charge in [-0.15, -0.1) is 5.10 Å². The van der Waals surface area contributed by atoms with Crippen LogP contribution in [-0.4, -0.2) is 49.3 Å². The van der Waals surface area contributed by atoms with Crippen LogP contribution in [0.25, 0.3) is 0 Å². The Hall–Kier alpha value is -1.50. The summed E-state index contributed by atoms with van der Waals surface area (Å²) in [6.45, 7) is 7.16. The van der Waals surface area contributed by atoms with Crippen LogP contribution < -0.4 is 0 Å². The molecule has 0 amide bonds. The van der Waals surface area contributed by atoms with Gasteiger partial charge < -0.3 is 5.11 Å². The summed E-state index contributed by atoms with van der Waals surface area (Å²) < 4.78 is 1.83. The highest BCUT2D eigenvalue weighted by atomic mass is 16.4. The highest BCUT2D eigenvalue weighted by Crippen LogP contribution is 2.35. The minimum absolute atomic E-state index is 0.536. The summed E-state index contributed by atoms with van der Waals surface area (Å²) in [5.74, 6) is 0.210. The lowest BCUT2D eigenvalue weighted by molar-refractivity contribution is -0.152. The second-order valence-electron chi connectivity index (χ2n) is 5.53. The molecule has 0 atom stereocenters. The molecule has 1 aliphatic rings. The topological polar surface area (TPSA) is 84.1 Å². The summed E-state index contributed by atoms with van der Waals surface area (Å²) in [6, 6.07) is 0. The van der Waals surface area contributed by atoms with Crippen LogP contribution in [0.2, 0.25) is 0 Å². The van der Waals surface area contributed by atoms with Crippen molar-refractivity contribution in [3.8, 4) is 0 Å². The van der Waals surface area contributed by atoms with Crippen LogP contribution in [0, 0.1) is 5.41 Å². The number of aromatic nitrogens is 4. The third kappa shape index (κ3) is 2.98. The van der Waals surface area contributed by atoms with Gasteiger partial charge in [0.25, 0.3) is 0 Å². The second-order valence-corrected chi connectivity index (χ2v) is 5.53. The Morgan fingerprint density at radius 3 is 2.60 bits per heavy atom. The molecule has 1 N–H and O–H groups in total. The van der Waals surface area contributed by atoms with E-state index in [9.17, 15) is 9.90 Å². The molecule has 1 saturated heterocycles. The maximum absolute atomic E-state index is 11.4. The molecule has 0 aromatic carbocycles. The fourth-order valence-corrected chi connectivity index (χ4v) is 2.78. The van der Waals surface area contributed by atoms with E-state index in [1.807, 2.05) is 11.6 Å². The summed E-state index contributed by atoms with van der Waals surface area (Å²) in [6.07, 6.45) is 3.10. The number of likely N-dealkylation sites (tertiary alicyclic amines) is 1. The van der Waals surface area contributed by atoms with Gasteiger partial charge in [0, 0.05) is 6.54 Å². The summed E-state index contributed by atoms with van der Waals surface area (Å²) >= 11 is 0. The fraction of sp³-hybridized carbons (Fsp3) is 0.846. The van der Waals surface area contributed by atoms with Crippen LogP contribution in [0.5, 0.6) is 0 Å². The molecule has 0 spiro atoms. The first kappa shape index (κ1) is 14.9. The van der Waals surface area contributed by atoms with Crippen molar-refractivity contribution < 1.29 is 9.90 Å². The molecule has 20 heavy (non-hydrogen) atoms. The lowest BCUT2D eigenvalue weighted by Gasteiger charge is -2.38. The molecule has 0 saturated carbocycles. The van der Waals surface area contributed by atoms with E-state index in [4.69, 9.17) is 0 Å². The maximum atomic E-state index is 11.4. The van der Waals surface area contributed by atoms with E-state index in [-0.39, 0.29) is 0 Å². The molecule has 1 aromatic heterocycles. The van der Waals surface area contributed by atoms with Crippen LogP contribution in [0.1, 0.15) is 45.4 Å². The van der Waals surface area contributed by atoms with Crippen LogP contribution >= 0.6 is 0 Å². The first-order chi connectivity index (χ1) is 9.61. The second kappa shape index (κ2) is 6.30. The molecule has 112 valence electrons. The van der Waals surface area contributed by atoms with Gasteiger partial charge >= 0.3 is 5.97 Å². The molecule has 0 unspecified atom stereocenters. The molecule has 1 aliphatic heterocycles. The van der Waals surface area contributed by atoms with Gasteiger partial charge in [0.2, 0.25) is 0 Å². The lowest BCUT2D eigenvalue weighted by Crippen LogP contribution is -2.44. The van der Waals surface area contributed by atoms with Gasteiger partial charge in [-0.25, -0.2) is 4.68 Å². The number of piperidine rings is 1. The predicted molar refractivity (Wildman–Crippen MR) is 73.0 cm³/mol. The standard InChI is InChI=1S/C13H23N5O2/c1-3-7-18-11(14-15-16-18)10-17-8-5-13(4-2,6-9-17)12(19)20/h3-10H2,1-2H3,(H,19,20). The number of tetrazole rings is 1. The van der Waals surface area contributed by atoms with Gasteiger partial charge in [0.05, 0.1) is 12.0 Å². The number of hydrogen-bond donors (Lipinski definition) is 1. The number of carbonyl (C=O) groups is 1.